The van der Waals surface area contributed by atoms with Crippen LogP contribution >= 0.6 is 0 Å². The van der Waals surface area contributed by atoms with E-state index in [1.807, 2.05) is 18.2 Å². The quantitative estimate of drug-likeness (QED) is 0.694. The fourth-order valence-corrected chi connectivity index (χ4v) is 1.35. The predicted molar refractivity (Wildman–Crippen MR) is 52.3 cm³/mol. The molecule has 0 spiro atoms. The molecule has 0 aliphatic heterocycles. The lowest BCUT2D eigenvalue weighted by Crippen LogP contribution is -2.06. The van der Waals surface area contributed by atoms with Crippen molar-refractivity contribution in [2.24, 2.45) is 0 Å². The van der Waals surface area contributed by atoms with Crippen LogP contribution in [0, 0.1) is 0 Å². The zero-order valence-corrected chi connectivity index (χ0v) is 7.85. The van der Waals surface area contributed by atoms with E-state index in [-0.39, 0.29) is 0 Å². The highest BCUT2D eigenvalue weighted by Crippen LogP contribution is 2.20. The normalized spacial score (nSPS) is 13.2. The molecule has 0 amide bonds. The van der Waals surface area contributed by atoms with Gasteiger partial charge in [-0.15, -0.1) is 0 Å². The SMILES string of the molecule is CC(CCC(O)O)c1ccccc1. The Hall–Kier alpha value is -0.860. The smallest absolute Gasteiger partial charge is 0.151 e. The summed E-state index contributed by atoms with van der Waals surface area (Å²) in [7, 11) is 0. The summed E-state index contributed by atoms with van der Waals surface area (Å²) in [6.07, 6.45) is 0.0729. The van der Waals surface area contributed by atoms with Gasteiger partial charge in [-0.2, -0.15) is 0 Å². The van der Waals surface area contributed by atoms with Crippen LogP contribution in [0.15, 0.2) is 30.3 Å². The zero-order valence-electron chi connectivity index (χ0n) is 7.85. The van der Waals surface area contributed by atoms with Crippen LogP contribution in [0.5, 0.6) is 0 Å². The average Bonchev–Trinajstić information content (AvgIpc) is 2.15. The molecule has 0 aliphatic rings. The third-order valence-corrected chi connectivity index (χ3v) is 2.23. The van der Waals surface area contributed by atoms with Crippen molar-refractivity contribution >= 4 is 0 Å². The van der Waals surface area contributed by atoms with Crippen LogP contribution < -0.4 is 0 Å². The molecule has 72 valence electrons. The zero-order chi connectivity index (χ0) is 9.68. The van der Waals surface area contributed by atoms with Crippen molar-refractivity contribution in [3.8, 4) is 0 Å². The summed E-state index contributed by atoms with van der Waals surface area (Å²) in [5.41, 5.74) is 1.25. The van der Waals surface area contributed by atoms with Crippen molar-refractivity contribution in [2.45, 2.75) is 32.0 Å². The van der Waals surface area contributed by atoms with E-state index in [0.29, 0.717) is 12.3 Å². The number of benzene rings is 1. The Morgan fingerprint density at radius 2 is 1.69 bits per heavy atom. The van der Waals surface area contributed by atoms with Crippen LogP contribution in [-0.2, 0) is 0 Å². The highest BCUT2D eigenvalue weighted by Gasteiger charge is 2.06. The Morgan fingerprint density at radius 3 is 2.23 bits per heavy atom. The average molecular weight is 180 g/mol. The van der Waals surface area contributed by atoms with Gasteiger partial charge >= 0.3 is 0 Å². The molecule has 1 atom stereocenters. The van der Waals surface area contributed by atoms with Crippen LogP contribution in [0.4, 0.5) is 0 Å². The maximum absolute atomic E-state index is 8.70. The predicted octanol–water partition coefficient (Wildman–Crippen LogP) is 1.88. The van der Waals surface area contributed by atoms with E-state index in [4.69, 9.17) is 10.2 Å². The lowest BCUT2D eigenvalue weighted by molar-refractivity contribution is -0.0471. The minimum Gasteiger partial charge on any atom is -0.368 e. The van der Waals surface area contributed by atoms with Crippen LogP contribution in [0.3, 0.4) is 0 Å². The third kappa shape index (κ3) is 3.57. The molecule has 1 aromatic rings. The van der Waals surface area contributed by atoms with E-state index in [1.54, 1.807) is 0 Å². The Morgan fingerprint density at radius 1 is 1.08 bits per heavy atom. The van der Waals surface area contributed by atoms with Gasteiger partial charge in [0.1, 0.15) is 0 Å². The van der Waals surface area contributed by atoms with E-state index in [1.165, 1.54) is 5.56 Å². The molecule has 13 heavy (non-hydrogen) atoms. The molecule has 1 unspecified atom stereocenters. The van der Waals surface area contributed by atoms with Crippen molar-refractivity contribution in [1.82, 2.24) is 0 Å². The Kier molecular flexibility index (Phi) is 3.93. The summed E-state index contributed by atoms with van der Waals surface area (Å²) in [5.74, 6) is 0.392. The molecule has 0 saturated heterocycles. The van der Waals surface area contributed by atoms with Gasteiger partial charge in [0.15, 0.2) is 6.29 Å². The van der Waals surface area contributed by atoms with Gasteiger partial charge in [-0.25, -0.2) is 0 Å². The second-order valence-corrected chi connectivity index (χ2v) is 3.37. The van der Waals surface area contributed by atoms with Crippen molar-refractivity contribution < 1.29 is 10.2 Å². The van der Waals surface area contributed by atoms with Crippen LogP contribution in [0.25, 0.3) is 0 Å². The Labute approximate surface area is 78.8 Å². The molecule has 0 aliphatic carbocycles. The number of aliphatic hydroxyl groups is 2. The number of aliphatic hydroxyl groups excluding tert-OH is 1. The lowest BCUT2D eigenvalue weighted by atomic mass is 9.96. The summed E-state index contributed by atoms with van der Waals surface area (Å²) in [4.78, 5) is 0. The monoisotopic (exact) mass is 180 g/mol. The van der Waals surface area contributed by atoms with E-state index in [2.05, 4.69) is 19.1 Å². The maximum Gasteiger partial charge on any atom is 0.151 e. The molecule has 0 radical (unpaired) electrons. The summed E-state index contributed by atoms with van der Waals surface area (Å²) < 4.78 is 0. The topological polar surface area (TPSA) is 40.5 Å². The summed E-state index contributed by atoms with van der Waals surface area (Å²) in [6.45, 7) is 2.09. The molecule has 0 aromatic heterocycles. The Balaban J connectivity index is 2.44. The summed E-state index contributed by atoms with van der Waals surface area (Å²) in [6, 6.07) is 10.1. The number of hydrogen-bond donors (Lipinski definition) is 2. The maximum atomic E-state index is 8.70. The van der Waals surface area contributed by atoms with Gasteiger partial charge in [-0.3, -0.25) is 0 Å². The van der Waals surface area contributed by atoms with Gasteiger partial charge in [-0.05, 0) is 24.3 Å². The molecule has 2 heteroatoms. The highest BCUT2D eigenvalue weighted by molar-refractivity contribution is 5.18. The second-order valence-electron chi connectivity index (χ2n) is 3.37. The Bertz CT molecular complexity index is 231. The number of rotatable bonds is 4. The molecule has 0 bridgehead atoms. The molecular weight excluding hydrogens is 164 g/mol. The molecule has 1 aromatic carbocycles. The van der Waals surface area contributed by atoms with Crippen LogP contribution in [0.2, 0.25) is 0 Å². The first-order chi connectivity index (χ1) is 6.20. The van der Waals surface area contributed by atoms with Crippen LogP contribution in [-0.4, -0.2) is 16.5 Å². The van der Waals surface area contributed by atoms with Crippen LogP contribution in [0.1, 0.15) is 31.2 Å². The molecule has 2 N–H and O–H groups in total. The fraction of sp³-hybridized carbons (Fsp3) is 0.455. The van der Waals surface area contributed by atoms with Gasteiger partial charge in [0.2, 0.25) is 0 Å². The van der Waals surface area contributed by atoms with Crippen molar-refractivity contribution in [2.75, 3.05) is 0 Å². The van der Waals surface area contributed by atoms with Crippen molar-refractivity contribution in [3.05, 3.63) is 35.9 Å². The van der Waals surface area contributed by atoms with Gasteiger partial charge in [0.05, 0.1) is 0 Å². The first kappa shape index (κ1) is 10.2. The minimum atomic E-state index is -1.17. The van der Waals surface area contributed by atoms with Gasteiger partial charge in [0, 0.05) is 0 Å². The molecular formula is C11H16O2. The molecule has 1 rings (SSSR count). The van der Waals surface area contributed by atoms with Gasteiger partial charge in [0.25, 0.3) is 0 Å². The van der Waals surface area contributed by atoms with E-state index in [0.717, 1.165) is 6.42 Å². The third-order valence-electron chi connectivity index (χ3n) is 2.23. The minimum absolute atomic E-state index is 0.392. The first-order valence-corrected chi connectivity index (χ1v) is 4.61. The molecule has 2 nitrogen and oxygen atoms in total. The fourth-order valence-electron chi connectivity index (χ4n) is 1.35. The van der Waals surface area contributed by atoms with Gasteiger partial charge in [-0.1, -0.05) is 37.3 Å². The highest BCUT2D eigenvalue weighted by atomic mass is 16.5. The lowest BCUT2D eigenvalue weighted by Gasteiger charge is -2.11. The second kappa shape index (κ2) is 5.00. The molecule has 0 heterocycles. The number of hydrogen-bond acceptors (Lipinski definition) is 2. The van der Waals surface area contributed by atoms with Crippen molar-refractivity contribution in [1.29, 1.82) is 0 Å². The van der Waals surface area contributed by atoms with E-state index < -0.39 is 6.29 Å². The summed E-state index contributed by atoms with van der Waals surface area (Å²) in [5, 5.41) is 17.4. The largest absolute Gasteiger partial charge is 0.368 e. The standard InChI is InChI=1S/C11H16O2/c1-9(7-8-11(12)13)10-5-3-2-4-6-10/h2-6,9,11-13H,7-8H2,1H3. The van der Waals surface area contributed by atoms with Gasteiger partial charge < -0.3 is 10.2 Å². The molecule has 0 fully saturated rings. The first-order valence-electron chi connectivity index (χ1n) is 4.61. The van der Waals surface area contributed by atoms with E-state index in [9.17, 15) is 0 Å². The summed E-state index contributed by atoms with van der Waals surface area (Å²) >= 11 is 0. The van der Waals surface area contributed by atoms with E-state index >= 15 is 0 Å². The van der Waals surface area contributed by atoms with Crippen molar-refractivity contribution in [3.63, 3.8) is 0 Å². The molecule has 0 saturated carbocycles.